The van der Waals surface area contributed by atoms with E-state index < -0.39 is 0 Å². The van der Waals surface area contributed by atoms with Gasteiger partial charge in [-0.2, -0.15) is 0 Å². The summed E-state index contributed by atoms with van der Waals surface area (Å²) in [5, 5.41) is 4.12. The van der Waals surface area contributed by atoms with Gasteiger partial charge in [0, 0.05) is 36.5 Å². The predicted molar refractivity (Wildman–Crippen MR) is 153 cm³/mol. The fraction of sp³-hybridized carbons (Fsp3) is 0.267. The Labute approximate surface area is 233 Å². The number of hydrogen-bond acceptors (Lipinski definition) is 7. The van der Waals surface area contributed by atoms with E-state index >= 15 is 0 Å². The predicted octanol–water partition coefficient (Wildman–Crippen LogP) is 5.98. The van der Waals surface area contributed by atoms with Crippen LogP contribution in [-0.4, -0.2) is 48.2 Å². The molecule has 0 aliphatic carbocycles. The molecular formula is C30H30ClFN4O3. The van der Waals surface area contributed by atoms with Gasteiger partial charge in [-0.25, -0.2) is 14.4 Å². The minimum Gasteiger partial charge on any atom is -0.497 e. The molecule has 4 aromatic rings. The fourth-order valence-electron chi connectivity index (χ4n) is 4.47. The van der Waals surface area contributed by atoms with Gasteiger partial charge in [0.2, 0.25) is 0 Å². The molecule has 1 aromatic heterocycles. The van der Waals surface area contributed by atoms with Crippen LogP contribution in [-0.2, 0) is 6.61 Å². The van der Waals surface area contributed by atoms with E-state index in [1.807, 2.05) is 18.2 Å². The summed E-state index contributed by atoms with van der Waals surface area (Å²) in [5.74, 6) is 4.74. The van der Waals surface area contributed by atoms with Crippen molar-refractivity contribution in [3.63, 3.8) is 0 Å². The highest BCUT2D eigenvalue weighted by atomic mass is 35.5. The number of fused-ring (bicyclic) bond motifs is 1. The molecule has 5 rings (SSSR count). The molecular weight excluding hydrogens is 519 g/mol. The molecule has 0 unspecified atom stereocenters. The SMILES string of the molecule is C#Cc1cc(Nc2ncnc3cc(OC)cc(OC4CCN(C)CC4)c23)ccc1OCc1ccccc1F.Cl. The summed E-state index contributed by atoms with van der Waals surface area (Å²) >= 11 is 0. The van der Waals surface area contributed by atoms with Crippen LogP contribution in [0.4, 0.5) is 15.9 Å². The first kappa shape index (κ1) is 28.0. The van der Waals surface area contributed by atoms with E-state index in [-0.39, 0.29) is 30.9 Å². The van der Waals surface area contributed by atoms with Gasteiger partial charge in [0.25, 0.3) is 0 Å². The third kappa shape index (κ3) is 6.51. The van der Waals surface area contributed by atoms with Crippen molar-refractivity contribution in [2.45, 2.75) is 25.6 Å². The molecule has 7 nitrogen and oxygen atoms in total. The number of likely N-dealkylation sites (tertiary alicyclic amines) is 1. The Morgan fingerprint density at radius 3 is 2.62 bits per heavy atom. The largest absolute Gasteiger partial charge is 0.497 e. The first-order chi connectivity index (χ1) is 18.5. The van der Waals surface area contributed by atoms with Crippen molar-refractivity contribution in [2.24, 2.45) is 0 Å². The molecule has 1 aliphatic rings. The van der Waals surface area contributed by atoms with Gasteiger partial charge in [-0.1, -0.05) is 24.1 Å². The van der Waals surface area contributed by atoms with E-state index in [9.17, 15) is 4.39 Å². The monoisotopic (exact) mass is 548 g/mol. The molecule has 39 heavy (non-hydrogen) atoms. The quantitative estimate of drug-likeness (QED) is 0.272. The zero-order valence-corrected chi connectivity index (χ0v) is 22.6. The topological polar surface area (TPSA) is 68.7 Å². The van der Waals surface area contributed by atoms with Crippen LogP contribution < -0.4 is 19.5 Å². The van der Waals surface area contributed by atoms with E-state index in [1.54, 1.807) is 37.4 Å². The highest BCUT2D eigenvalue weighted by Crippen LogP contribution is 2.37. The third-order valence-electron chi connectivity index (χ3n) is 6.61. The van der Waals surface area contributed by atoms with Crippen molar-refractivity contribution in [2.75, 3.05) is 32.6 Å². The van der Waals surface area contributed by atoms with E-state index in [4.69, 9.17) is 20.6 Å². The summed E-state index contributed by atoms with van der Waals surface area (Å²) in [6, 6.07) is 15.6. The zero-order chi connectivity index (χ0) is 26.5. The van der Waals surface area contributed by atoms with Gasteiger partial charge >= 0.3 is 0 Å². The molecule has 0 saturated carbocycles. The molecule has 3 aromatic carbocycles. The number of piperidine rings is 1. The van der Waals surface area contributed by atoms with Gasteiger partial charge in [-0.05, 0) is 44.2 Å². The Morgan fingerprint density at radius 1 is 1.08 bits per heavy atom. The summed E-state index contributed by atoms with van der Waals surface area (Å²) in [6.45, 7) is 2.03. The first-order valence-electron chi connectivity index (χ1n) is 12.5. The molecule has 0 bridgehead atoms. The van der Waals surface area contributed by atoms with E-state index in [1.165, 1.54) is 12.4 Å². The van der Waals surface area contributed by atoms with Crippen LogP contribution >= 0.6 is 12.4 Å². The van der Waals surface area contributed by atoms with Gasteiger partial charge in [0.15, 0.2) is 0 Å². The lowest BCUT2D eigenvalue weighted by molar-refractivity contribution is 0.115. The summed E-state index contributed by atoms with van der Waals surface area (Å²) in [6.07, 6.45) is 9.24. The smallest absolute Gasteiger partial charge is 0.145 e. The van der Waals surface area contributed by atoms with Gasteiger partial charge in [0.05, 0.1) is 23.6 Å². The number of hydrogen-bond donors (Lipinski definition) is 1. The molecule has 2 heterocycles. The van der Waals surface area contributed by atoms with Crippen molar-refractivity contribution in [3.8, 4) is 29.6 Å². The third-order valence-corrected chi connectivity index (χ3v) is 6.61. The fourth-order valence-corrected chi connectivity index (χ4v) is 4.47. The highest BCUT2D eigenvalue weighted by molar-refractivity contribution is 5.97. The van der Waals surface area contributed by atoms with Crippen LogP contribution in [0.15, 0.2) is 60.9 Å². The summed E-state index contributed by atoms with van der Waals surface area (Å²) in [7, 11) is 3.74. The second-order valence-electron chi connectivity index (χ2n) is 9.22. The van der Waals surface area contributed by atoms with Crippen molar-refractivity contribution in [3.05, 3.63) is 77.9 Å². The van der Waals surface area contributed by atoms with Crippen LogP contribution in [0.25, 0.3) is 10.9 Å². The first-order valence-corrected chi connectivity index (χ1v) is 12.5. The maximum absolute atomic E-state index is 14.0. The van der Waals surface area contributed by atoms with Crippen LogP contribution in [0.5, 0.6) is 17.2 Å². The number of methoxy groups -OCH3 is 1. The van der Waals surface area contributed by atoms with Crippen LogP contribution in [0, 0.1) is 18.2 Å². The van der Waals surface area contributed by atoms with Crippen molar-refractivity contribution >= 4 is 34.8 Å². The second-order valence-corrected chi connectivity index (χ2v) is 9.22. The number of benzene rings is 3. The Morgan fingerprint density at radius 2 is 1.87 bits per heavy atom. The second kappa shape index (κ2) is 12.7. The van der Waals surface area contributed by atoms with Gasteiger partial charge in [-0.3, -0.25) is 0 Å². The average molecular weight is 549 g/mol. The summed E-state index contributed by atoms with van der Waals surface area (Å²) < 4.78 is 31.8. The van der Waals surface area contributed by atoms with E-state index in [0.29, 0.717) is 39.7 Å². The lowest BCUT2D eigenvalue weighted by Gasteiger charge is -2.29. The average Bonchev–Trinajstić information content (AvgIpc) is 2.94. The number of ether oxygens (including phenoxy) is 3. The van der Waals surface area contributed by atoms with Crippen molar-refractivity contribution < 1.29 is 18.6 Å². The molecule has 1 saturated heterocycles. The van der Waals surface area contributed by atoms with Crippen LogP contribution in [0.1, 0.15) is 24.0 Å². The Hall–Kier alpha value is -4.06. The van der Waals surface area contributed by atoms with Gasteiger partial charge in [0.1, 0.15) is 47.9 Å². The standard InChI is InChI=1S/C30H29FN4O3.ClH/c1-4-20-15-22(9-10-27(20)37-18-21-7-5-6-8-25(21)31)34-30-29-26(32-19-33-30)16-24(36-3)17-28(29)38-23-11-13-35(2)14-12-23;/h1,5-10,15-17,19,23H,11-14,18H2,2-3H3,(H,32,33,34);1H. The minimum absolute atomic E-state index is 0. The van der Waals surface area contributed by atoms with Crippen molar-refractivity contribution in [1.82, 2.24) is 14.9 Å². The molecule has 1 aliphatic heterocycles. The van der Waals surface area contributed by atoms with E-state index in [0.717, 1.165) is 37.0 Å². The number of aromatic nitrogens is 2. The summed E-state index contributed by atoms with van der Waals surface area (Å²) in [4.78, 5) is 11.3. The highest BCUT2D eigenvalue weighted by Gasteiger charge is 2.21. The number of nitrogens with zero attached hydrogens (tertiary/aromatic N) is 3. The number of terminal acetylenes is 1. The lowest BCUT2D eigenvalue weighted by Crippen LogP contribution is -2.35. The van der Waals surface area contributed by atoms with E-state index in [2.05, 4.69) is 33.2 Å². The Balaban J connectivity index is 0.00000353. The molecule has 0 radical (unpaired) electrons. The number of anilines is 2. The maximum Gasteiger partial charge on any atom is 0.145 e. The molecule has 1 N–H and O–H groups in total. The summed E-state index contributed by atoms with van der Waals surface area (Å²) in [5.41, 5.74) is 2.41. The van der Waals surface area contributed by atoms with Crippen molar-refractivity contribution in [1.29, 1.82) is 0 Å². The molecule has 0 amide bonds. The van der Waals surface area contributed by atoms with Crippen LogP contribution in [0.2, 0.25) is 0 Å². The number of nitrogens with one attached hydrogen (secondary N) is 1. The molecule has 202 valence electrons. The molecule has 1 fully saturated rings. The maximum atomic E-state index is 14.0. The number of rotatable bonds is 8. The zero-order valence-electron chi connectivity index (χ0n) is 21.8. The minimum atomic E-state index is -0.321. The van der Waals surface area contributed by atoms with Gasteiger partial charge in [-0.15, -0.1) is 18.8 Å². The number of halogens is 2. The Bertz CT molecular complexity index is 1490. The molecule has 9 heteroatoms. The molecule has 0 spiro atoms. The Kier molecular flexibility index (Phi) is 9.07. The van der Waals surface area contributed by atoms with Gasteiger partial charge < -0.3 is 24.4 Å². The lowest BCUT2D eigenvalue weighted by atomic mass is 10.1. The molecule has 0 atom stereocenters. The van der Waals surface area contributed by atoms with Crippen LogP contribution in [0.3, 0.4) is 0 Å². The normalized spacial score (nSPS) is 13.8.